The SMILES string of the molecule is CC(N)C(N1CCC(CC(N)=O)CC1)C(C)(C)C. The third-order valence-corrected chi connectivity index (χ3v) is 3.92. The van der Waals surface area contributed by atoms with Gasteiger partial charge in [-0.05, 0) is 44.2 Å². The van der Waals surface area contributed by atoms with Gasteiger partial charge in [-0.1, -0.05) is 20.8 Å². The molecule has 1 aliphatic heterocycles. The van der Waals surface area contributed by atoms with Crippen molar-refractivity contribution < 1.29 is 4.79 Å². The van der Waals surface area contributed by atoms with E-state index in [1.54, 1.807) is 0 Å². The molecule has 0 spiro atoms. The van der Waals surface area contributed by atoms with Crippen LogP contribution in [0.2, 0.25) is 0 Å². The van der Waals surface area contributed by atoms with Gasteiger partial charge in [-0.25, -0.2) is 0 Å². The van der Waals surface area contributed by atoms with Crippen molar-refractivity contribution in [1.29, 1.82) is 0 Å². The van der Waals surface area contributed by atoms with Crippen LogP contribution in [-0.4, -0.2) is 36.0 Å². The number of nitrogens with zero attached hydrogens (tertiary/aromatic N) is 1. The van der Waals surface area contributed by atoms with Gasteiger partial charge in [-0.15, -0.1) is 0 Å². The highest BCUT2D eigenvalue weighted by Gasteiger charge is 2.35. The second kappa shape index (κ2) is 6.02. The van der Waals surface area contributed by atoms with Crippen molar-refractivity contribution in [2.24, 2.45) is 22.8 Å². The lowest BCUT2D eigenvalue weighted by molar-refractivity contribution is -0.119. The molecule has 1 fully saturated rings. The zero-order valence-electron chi connectivity index (χ0n) is 12.3. The normalized spacial score (nSPS) is 22.7. The molecule has 2 atom stereocenters. The fourth-order valence-corrected chi connectivity index (χ4v) is 3.39. The van der Waals surface area contributed by atoms with Crippen LogP contribution in [-0.2, 0) is 4.79 Å². The lowest BCUT2D eigenvalue weighted by Gasteiger charge is -2.45. The summed E-state index contributed by atoms with van der Waals surface area (Å²) in [5.74, 6) is 0.292. The molecule has 4 heteroatoms. The van der Waals surface area contributed by atoms with Gasteiger partial charge in [0.05, 0.1) is 0 Å². The number of piperidine rings is 1. The van der Waals surface area contributed by atoms with Crippen LogP contribution in [0.3, 0.4) is 0 Å². The number of likely N-dealkylation sites (tertiary alicyclic amines) is 1. The Hall–Kier alpha value is -0.610. The summed E-state index contributed by atoms with van der Waals surface area (Å²) in [6.07, 6.45) is 2.65. The summed E-state index contributed by atoms with van der Waals surface area (Å²) >= 11 is 0. The summed E-state index contributed by atoms with van der Waals surface area (Å²) in [5.41, 5.74) is 11.6. The van der Waals surface area contributed by atoms with E-state index in [1.165, 1.54) is 0 Å². The largest absolute Gasteiger partial charge is 0.370 e. The minimum atomic E-state index is -0.173. The quantitative estimate of drug-likeness (QED) is 0.796. The molecule has 1 saturated heterocycles. The fraction of sp³-hybridized carbons (Fsp3) is 0.929. The zero-order valence-corrected chi connectivity index (χ0v) is 12.3. The van der Waals surface area contributed by atoms with E-state index in [0.717, 1.165) is 25.9 Å². The molecule has 0 aromatic heterocycles. The second-order valence-corrected chi connectivity index (χ2v) is 6.82. The van der Waals surface area contributed by atoms with E-state index >= 15 is 0 Å². The van der Waals surface area contributed by atoms with Crippen LogP contribution >= 0.6 is 0 Å². The molecule has 1 heterocycles. The number of carbonyl (C=O) groups is 1. The lowest BCUT2D eigenvalue weighted by Crippen LogP contribution is -2.55. The molecule has 0 aromatic rings. The Morgan fingerprint density at radius 1 is 1.33 bits per heavy atom. The highest BCUT2D eigenvalue weighted by molar-refractivity contribution is 5.73. The van der Waals surface area contributed by atoms with Gasteiger partial charge in [-0.2, -0.15) is 0 Å². The number of carbonyl (C=O) groups excluding carboxylic acids is 1. The summed E-state index contributed by atoms with van der Waals surface area (Å²) in [7, 11) is 0. The Kier molecular flexibility index (Phi) is 5.17. The number of hydrogen-bond acceptors (Lipinski definition) is 3. The van der Waals surface area contributed by atoms with Crippen LogP contribution in [0, 0.1) is 11.3 Å². The van der Waals surface area contributed by atoms with Crippen LogP contribution in [0.5, 0.6) is 0 Å². The van der Waals surface area contributed by atoms with Crippen LogP contribution < -0.4 is 11.5 Å². The van der Waals surface area contributed by atoms with Crippen molar-refractivity contribution in [3.8, 4) is 0 Å². The highest BCUT2D eigenvalue weighted by atomic mass is 16.1. The van der Waals surface area contributed by atoms with Crippen LogP contribution in [0.15, 0.2) is 0 Å². The lowest BCUT2D eigenvalue weighted by atomic mass is 9.80. The first kappa shape index (κ1) is 15.4. The molecule has 0 aliphatic carbocycles. The molecule has 18 heavy (non-hydrogen) atoms. The van der Waals surface area contributed by atoms with Gasteiger partial charge in [0, 0.05) is 18.5 Å². The van der Waals surface area contributed by atoms with Crippen LogP contribution in [0.1, 0.15) is 47.0 Å². The van der Waals surface area contributed by atoms with Crippen LogP contribution in [0.4, 0.5) is 0 Å². The molecule has 106 valence electrons. The van der Waals surface area contributed by atoms with Crippen molar-refractivity contribution in [3.05, 3.63) is 0 Å². The Morgan fingerprint density at radius 2 is 1.83 bits per heavy atom. The second-order valence-electron chi connectivity index (χ2n) is 6.82. The van der Waals surface area contributed by atoms with E-state index in [4.69, 9.17) is 11.5 Å². The van der Waals surface area contributed by atoms with Crippen molar-refractivity contribution in [1.82, 2.24) is 4.90 Å². The van der Waals surface area contributed by atoms with Gasteiger partial charge in [0.2, 0.25) is 5.91 Å². The van der Waals surface area contributed by atoms with Gasteiger partial charge in [0.25, 0.3) is 0 Å². The zero-order chi connectivity index (χ0) is 13.9. The van der Waals surface area contributed by atoms with E-state index in [-0.39, 0.29) is 17.4 Å². The van der Waals surface area contributed by atoms with Gasteiger partial charge in [0.1, 0.15) is 0 Å². The van der Waals surface area contributed by atoms with Gasteiger partial charge >= 0.3 is 0 Å². The summed E-state index contributed by atoms with van der Waals surface area (Å²) in [5, 5.41) is 0. The topological polar surface area (TPSA) is 72.3 Å². The Morgan fingerprint density at radius 3 is 2.17 bits per heavy atom. The van der Waals surface area contributed by atoms with Crippen molar-refractivity contribution in [2.45, 2.75) is 59.0 Å². The number of rotatable bonds is 4. The van der Waals surface area contributed by atoms with Gasteiger partial charge in [-0.3, -0.25) is 9.69 Å². The molecular formula is C14H29N3O. The molecule has 2 unspecified atom stereocenters. The minimum absolute atomic E-state index is 0.165. The summed E-state index contributed by atoms with van der Waals surface area (Å²) in [6, 6.07) is 0.560. The Labute approximate surface area is 111 Å². The van der Waals surface area contributed by atoms with E-state index in [0.29, 0.717) is 18.4 Å². The monoisotopic (exact) mass is 255 g/mol. The molecule has 0 saturated carbocycles. The molecule has 0 aromatic carbocycles. The van der Waals surface area contributed by atoms with E-state index in [1.807, 2.05) is 0 Å². The van der Waals surface area contributed by atoms with E-state index < -0.39 is 0 Å². The summed E-state index contributed by atoms with van der Waals surface area (Å²) < 4.78 is 0. The third kappa shape index (κ3) is 4.25. The maximum atomic E-state index is 10.9. The number of hydrogen-bond donors (Lipinski definition) is 2. The van der Waals surface area contributed by atoms with Gasteiger partial charge < -0.3 is 11.5 Å². The van der Waals surface area contributed by atoms with Gasteiger partial charge in [0.15, 0.2) is 0 Å². The number of nitrogens with two attached hydrogens (primary N) is 2. The van der Waals surface area contributed by atoms with Crippen LogP contribution in [0.25, 0.3) is 0 Å². The van der Waals surface area contributed by atoms with E-state index in [9.17, 15) is 4.79 Å². The minimum Gasteiger partial charge on any atom is -0.370 e. The summed E-state index contributed by atoms with van der Waals surface area (Å²) in [6.45, 7) is 10.9. The average molecular weight is 255 g/mol. The summed E-state index contributed by atoms with van der Waals surface area (Å²) in [4.78, 5) is 13.4. The van der Waals surface area contributed by atoms with Crippen molar-refractivity contribution in [2.75, 3.05) is 13.1 Å². The maximum absolute atomic E-state index is 10.9. The number of amides is 1. The molecule has 0 bridgehead atoms. The Bertz CT molecular complexity index is 275. The first-order valence-electron chi connectivity index (χ1n) is 6.99. The molecular weight excluding hydrogens is 226 g/mol. The molecule has 1 aliphatic rings. The Balaban J connectivity index is 2.57. The fourth-order valence-electron chi connectivity index (χ4n) is 3.39. The third-order valence-electron chi connectivity index (χ3n) is 3.92. The molecule has 1 amide bonds. The molecule has 4 nitrogen and oxygen atoms in total. The highest BCUT2D eigenvalue weighted by Crippen LogP contribution is 2.30. The average Bonchev–Trinajstić information content (AvgIpc) is 2.17. The smallest absolute Gasteiger partial charge is 0.217 e. The molecule has 4 N–H and O–H groups in total. The molecule has 1 rings (SSSR count). The first-order chi connectivity index (χ1) is 8.21. The maximum Gasteiger partial charge on any atom is 0.217 e. The predicted molar refractivity (Wildman–Crippen MR) is 75.0 cm³/mol. The van der Waals surface area contributed by atoms with Crippen molar-refractivity contribution in [3.63, 3.8) is 0 Å². The standard InChI is InChI=1S/C14H29N3O/c1-10(15)13(14(2,3)4)17-7-5-11(6-8-17)9-12(16)18/h10-11,13H,5-9,15H2,1-4H3,(H2,16,18). The van der Waals surface area contributed by atoms with E-state index in [2.05, 4.69) is 32.6 Å². The van der Waals surface area contributed by atoms with Crippen molar-refractivity contribution >= 4 is 5.91 Å². The molecule has 0 radical (unpaired) electrons. The predicted octanol–water partition coefficient (Wildman–Crippen LogP) is 1.34. The number of primary amides is 1. The first-order valence-corrected chi connectivity index (χ1v) is 6.99.